The number of carboxylic acid groups (broad SMARTS) is 1. The molecule has 19 heavy (non-hydrogen) atoms. The summed E-state index contributed by atoms with van der Waals surface area (Å²) in [7, 11) is -3.48. The summed E-state index contributed by atoms with van der Waals surface area (Å²) >= 11 is 0. The summed E-state index contributed by atoms with van der Waals surface area (Å²) in [5.74, 6) is -0.902. The van der Waals surface area contributed by atoms with Gasteiger partial charge in [0.15, 0.2) is 20.6 Å². The van der Waals surface area contributed by atoms with E-state index in [1.165, 1.54) is 0 Å². The third-order valence-electron chi connectivity index (χ3n) is 3.24. The van der Waals surface area contributed by atoms with Gasteiger partial charge < -0.3 is 15.7 Å². The highest BCUT2D eigenvalue weighted by atomic mass is 32.2. The van der Waals surface area contributed by atoms with Crippen LogP contribution < -0.4 is 10.6 Å². The van der Waals surface area contributed by atoms with E-state index in [9.17, 15) is 13.2 Å². The number of aromatic amines is 1. The Labute approximate surface area is 110 Å². The Balaban J connectivity index is 2.24. The van der Waals surface area contributed by atoms with Crippen molar-refractivity contribution < 1.29 is 18.3 Å². The van der Waals surface area contributed by atoms with Crippen LogP contribution in [0.4, 0.5) is 11.6 Å². The smallest absolute Gasteiger partial charge is 0.306 e. The maximum absolute atomic E-state index is 11.7. The minimum absolute atomic E-state index is 0.0119. The molecule has 0 atom stereocenters. The summed E-state index contributed by atoms with van der Waals surface area (Å²) in [6, 6.07) is 0. The number of carbonyl (C=O) groups is 1. The van der Waals surface area contributed by atoms with Gasteiger partial charge in [0.05, 0.1) is 5.92 Å². The Kier molecular flexibility index (Phi) is 3.40. The van der Waals surface area contributed by atoms with Crippen LogP contribution in [0.2, 0.25) is 0 Å². The van der Waals surface area contributed by atoms with Gasteiger partial charge in [0.25, 0.3) is 0 Å². The number of aliphatic carboxylic acids is 1. The van der Waals surface area contributed by atoms with Crippen molar-refractivity contribution in [2.24, 2.45) is 5.92 Å². The Bertz CT molecular complexity index is 587. The number of nitrogen functional groups attached to an aromatic ring is 1. The van der Waals surface area contributed by atoms with Crippen molar-refractivity contribution in [2.45, 2.75) is 17.7 Å². The molecule has 0 aliphatic carbocycles. The SMILES string of the molecule is CS(=O)(=O)c1c(N2CCC(C(=O)O)CC2)n[nH]c1N. The average Bonchev–Trinajstić information content (AvgIpc) is 2.71. The zero-order valence-corrected chi connectivity index (χ0v) is 11.3. The van der Waals surface area contributed by atoms with Crippen LogP contribution in [0.25, 0.3) is 0 Å². The van der Waals surface area contributed by atoms with Crippen molar-refractivity contribution in [3.63, 3.8) is 0 Å². The number of hydrogen-bond donors (Lipinski definition) is 3. The average molecular weight is 288 g/mol. The van der Waals surface area contributed by atoms with Crippen molar-refractivity contribution in [1.29, 1.82) is 0 Å². The molecule has 0 spiro atoms. The van der Waals surface area contributed by atoms with Crippen molar-refractivity contribution in [1.82, 2.24) is 10.2 Å². The fraction of sp³-hybridized carbons (Fsp3) is 0.600. The van der Waals surface area contributed by atoms with E-state index in [2.05, 4.69) is 10.2 Å². The molecule has 2 heterocycles. The number of rotatable bonds is 3. The number of hydrogen-bond acceptors (Lipinski definition) is 6. The van der Waals surface area contributed by atoms with Crippen molar-refractivity contribution >= 4 is 27.4 Å². The lowest BCUT2D eigenvalue weighted by molar-refractivity contribution is -0.142. The van der Waals surface area contributed by atoms with Gasteiger partial charge in [-0.15, -0.1) is 0 Å². The first-order chi connectivity index (χ1) is 8.80. The second-order valence-corrected chi connectivity index (χ2v) is 6.61. The number of H-pyrrole nitrogens is 1. The zero-order valence-electron chi connectivity index (χ0n) is 10.5. The van der Waals surface area contributed by atoms with Crippen LogP contribution in [0.5, 0.6) is 0 Å². The molecule has 4 N–H and O–H groups in total. The highest BCUT2D eigenvalue weighted by molar-refractivity contribution is 7.91. The summed E-state index contributed by atoms with van der Waals surface area (Å²) in [6.07, 6.45) is 2.00. The molecule has 0 amide bonds. The highest BCUT2D eigenvalue weighted by Gasteiger charge is 2.30. The predicted molar refractivity (Wildman–Crippen MR) is 68.7 cm³/mol. The maximum Gasteiger partial charge on any atom is 0.306 e. The summed E-state index contributed by atoms with van der Waals surface area (Å²) < 4.78 is 23.4. The van der Waals surface area contributed by atoms with E-state index < -0.39 is 15.8 Å². The second kappa shape index (κ2) is 4.72. The Morgan fingerprint density at radius 3 is 2.53 bits per heavy atom. The molecule has 106 valence electrons. The molecule has 1 saturated heterocycles. The van der Waals surface area contributed by atoms with Crippen molar-refractivity contribution in [2.75, 3.05) is 30.0 Å². The van der Waals surface area contributed by atoms with E-state index in [0.717, 1.165) is 6.26 Å². The lowest BCUT2D eigenvalue weighted by Crippen LogP contribution is -2.37. The normalized spacial score (nSPS) is 17.6. The van der Waals surface area contributed by atoms with E-state index in [-0.39, 0.29) is 22.4 Å². The molecule has 2 rings (SSSR count). The van der Waals surface area contributed by atoms with Crippen molar-refractivity contribution in [3.05, 3.63) is 0 Å². The van der Waals surface area contributed by atoms with Crippen LogP contribution in [-0.4, -0.2) is 49.0 Å². The molecule has 1 aliphatic heterocycles. The molecule has 9 heteroatoms. The minimum atomic E-state index is -3.48. The fourth-order valence-electron chi connectivity index (χ4n) is 2.25. The van der Waals surface area contributed by atoms with E-state index >= 15 is 0 Å². The van der Waals surface area contributed by atoms with Crippen LogP contribution in [-0.2, 0) is 14.6 Å². The van der Waals surface area contributed by atoms with Gasteiger partial charge in [-0.25, -0.2) is 8.42 Å². The first-order valence-electron chi connectivity index (χ1n) is 5.82. The highest BCUT2D eigenvalue weighted by Crippen LogP contribution is 2.30. The van der Waals surface area contributed by atoms with Gasteiger partial charge in [0.2, 0.25) is 0 Å². The molecular formula is C10H16N4O4S. The molecule has 1 fully saturated rings. The summed E-state index contributed by atoms with van der Waals surface area (Å²) in [5.41, 5.74) is 5.59. The zero-order chi connectivity index (χ0) is 14.2. The molecular weight excluding hydrogens is 272 g/mol. The number of anilines is 2. The lowest BCUT2D eigenvalue weighted by Gasteiger charge is -2.30. The Morgan fingerprint density at radius 1 is 1.47 bits per heavy atom. The van der Waals surface area contributed by atoms with E-state index in [1.807, 2.05) is 0 Å². The molecule has 1 aromatic rings. The summed E-state index contributed by atoms with van der Waals surface area (Å²) in [5, 5.41) is 15.3. The lowest BCUT2D eigenvalue weighted by atomic mass is 9.97. The molecule has 0 unspecified atom stereocenters. The number of nitrogens with one attached hydrogen (secondary N) is 1. The Morgan fingerprint density at radius 2 is 2.05 bits per heavy atom. The first kappa shape index (κ1) is 13.7. The van der Waals surface area contributed by atoms with Crippen LogP contribution in [0.3, 0.4) is 0 Å². The second-order valence-electron chi connectivity index (χ2n) is 4.66. The summed E-state index contributed by atoms with van der Waals surface area (Å²) in [6.45, 7) is 0.896. The number of carboxylic acids is 1. The van der Waals surface area contributed by atoms with Crippen LogP contribution >= 0.6 is 0 Å². The number of piperidine rings is 1. The van der Waals surface area contributed by atoms with Gasteiger partial charge in [-0.05, 0) is 12.8 Å². The van der Waals surface area contributed by atoms with Gasteiger partial charge in [0, 0.05) is 19.3 Å². The van der Waals surface area contributed by atoms with E-state index in [1.54, 1.807) is 4.90 Å². The van der Waals surface area contributed by atoms with Gasteiger partial charge >= 0.3 is 5.97 Å². The fourth-order valence-corrected chi connectivity index (χ4v) is 3.20. The van der Waals surface area contributed by atoms with Crippen LogP contribution in [0.15, 0.2) is 4.90 Å². The van der Waals surface area contributed by atoms with E-state index in [0.29, 0.717) is 25.9 Å². The number of nitrogens with two attached hydrogens (primary N) is 1. The maximum atomic E-state index is 11.7. The largest absolute Gasteiger partial charge is 0.481 e. The topological polar surface area (TPSA) is 129 Å². The molecule has 8 nitrogen and oxygen atoms in total. The third-order valence-corrected chi connectivity index (χ3v) is 4.39. The van der Waals surface area contributed by atoms with E-state index in [4.69, 9.17) is 10.8 Å². The molecule has 0 aromatic carbocycles. The molecule has 0 saturated carbocycles. The van der Waals surface area contributed by atoms with Crippen LogP contribution in [0.1, 0.15) is 12.8 Å². The number of nitrogens with zero attached hydrogens (tertiary/aromatic N) is 2. The van der Waals surface area contributed by atoms with Gasteiger partial charge in [-0.2, -0.15) is 5.10 Å². The summed E-state index contributed by atoms with van der Waals surface area (Å²) in [4.78, 5) is 12.6. The van der Waals surface area contributed by atoms with Crippen LogP contribution in [0, 0.1) is 5.92 Å². The minimum Gasteiger partial charge on any atom is -0.481 e. The van der Waals surface area contributed by atoms with Gasteiger partial charge in [-0.3, -0.25) is 9.89 Å². The molecule has 1 aliphatic rings. The first-order valence-corrected chi connectivity index (χ1v) is 7.71. The number of sulfone groups is 1. The molecule has 1 aromatic heterocycles. The van der Waals surface area contributed by atoms with Crippen molar-refractivity contribution in [3.8, 4) is 0 Å². The predicted octanol–water partition coefficient (Wildman–Crippen LogP) is -0.304. The van der Waals surface area contributed by atoms with Gasteiger partial charge in [-0.1, -0.05) is 0 Å². The standard InChI is InChI=1S/C10H16N4O4S/c1-19(17,18)7-8(11)12-13-9(7)14-4-2-6(3-5-14)10(15)16/h6H,2-5H2,1H3,(H,15,16)(H3,11,12,13). The molecule has 0 bridgehead atoms. The Hall–Kier alpha value is -1.77. The third kappa shape index (κ3) is 2.65. The number of aromatic nitrogens is 2. The van der Waals surface area contributed by atoms with Gasteiger partial charge in [0.1, 0.15) is 5.82 Å². The quantitative estimate of drug-likeness (QED) is 0.696. The monoisotopic (exact) mass is 288 g/mol. The molecule has 0 radical (unpaired) electrons.